The molecule has 3 unspecified atom stereocenters. The van der Waals surface area contributed by atoms with Crippen molar-refractivity contribution in [3.05, 3.63) is 15.6 Å². The van der Waals surface area contributed by atoms with E-state index in [1.807, 2.05) is 11.3 Å². The fourth-order valence-electron chi connectivity index (χ4n) is 3.53. The molecule has 0 bridgehead atoms. The predicted molar refractivity (Wildman–Crippen MR) is 77.0 cm³/mol. The highest BCUT2D eigenvalue weighted by atomic mass is 32.1. The minimum atomic E-state index is 0.269. The minimum absolute atomic E-state index is 0.269. The average molecular weight is 264 g/mol. The zero-order chi connectivity index (χ0) is 12.5. The van der Waals surface area contributed by atoms with E-state index >= 15 is 0 Å². The number of nitrogens with zero attached hydrogens (tertiary/aromatic N) is 1. The first-order valence-corrected chi connectivity index (χ1v) is 8.34. The van der Waals surface area contributed by atoms with Crippen LogP contribution in [-0.2, 0) is 6.42 Å². The SMILES string of the molecule is CCC1CCCC(c2nc3c(s2)C(N)CCC3)C1. The van der Waals surface area contributed by atoms with Crippen LogP contribution in [0.3, 0.4) is 0 Å². The third-order valence-electron chi connectivity index (χ3n) is 4.72. The van der Waals surface area contributed by atoms with Crippen LogP contribution < -0.4 is 5.73 Å². The van der Waals surface area contributed by atoms with Gasteiger partial charge in [0.05, 0.1) is 10.7 Å². The Morgan fingerprint density at radius 2 is 2.17 bits per heavy atom. The van der Waals surface area contributed by atoms with Crippen LogP contribution in [0.5, 0.6) is 0 Å². The summed E-state index contributed by atoms with van der Waals surface area (Å²) in [5.74, 6) is 1.66. The van der Waals surface area contributed by atoms with Crippen molar-refractivity contribution in [2.24, 2.45) is 11.7 Å². The number of hydrogen-bond donors (Lipinski definition) is 1. The van der Waals surface area contributed by atoms with Crippen molar-refractivity contribution in [2.45, 2.75) is 70.3 Å². The summed E-state index contributed by atoms with van der Waals surface area (Å²) in [5.41, 5.74) is 7.54. The molecule has 1 saturated carbocycles. The van der Waals surface area contributed by atoms with Crippen molar-refractivity contribution >= 4 is 11.3 Å². The van der Waals surface area contributed by atoms with Crippen LogP contribution >= 0.6 is 11.3 Å². The Hall–Kier alpha value is -0.410. The number of rotatable bonds is 2. The van der Waals surface area contributed by atoms with Crippen LogP contribution in [0.25, 0.3) is 0 Å². The Labute approximate surface area is 114 Å². The van der Waals surface area contributed by atoms with E-state index in [1.54, 1.807) is 0 Å². The number of thiazole rings is 1. The molecule has 0 saturated heterocycles. The molecule has 1 heterocycles. The van der Waals surface area contributed by atoms with Gasteiger partial charge < -0.3 is 5.73 Å². The Morgan fingerprint density at radius 1 is 1.28 bits per heavy atom. The molecular weight excluding hydrogens is 240 g/mol. The Morgan fingerprint density at radius 3 is 2.94 bits per heavy atom. The molecule has 2 N–H and O–H groups in total. The topological polar surface area (TPSA) is 38.9 Å². The quantitative estimate of drug-likeness (QED) is 0.871. The van der Waals surface area contributed by atoms with Crippen molar-refractivity contribution < 1.29 is 0 Å². The lowest BCUT2D eigenvalue weighted by atomic mass is 9.80. The molecule has 2 aliphatic rings. The zero-order valence-electron chi connectivity index (χ0n) is 11.3. The Balaban J connectivity index is 1.80. The monoisotopic (exact) mass is 264 g/mol. The lowest BCUT2D eigenvalue weighted by molar-refractivity contribution is 0.314. The van der Waals surface area contributed by atoms with E-state index in [0.29, 0.717) is 0 Å². The summed E-state index contributed by atoms with van der Waals surface area (Å²) >= 11 is 1.93. The number of nitrogens with two attached hydrogens (primary N) is 1. The second kappa shape index (κ2) is 5.30. The van der Waals surface area contributed by atoms with E-state index in [0.717, 1.165) is 24.7 Å². The highest BCUT2D eigenvalue weighted by Crippen LogP contribution is 2.42. The summed E-state index contributed by atoms with van der Waals surface area (Å²) in [4.78, 5) is 6.33. The Kier molecular flexibility index (Phi) is 3.71. The van der Waals surface area contributed by atoms with Crippen molar-refractivity contribution in [3.8, 4) is 0 Å². The fraction of sp³-hybridized carbons (Fsp3) is 0.800. The molecule has 1 aromatic heterocycles. The van der Waals surface area contributed by atoms with E-state index in [9.17, 15) is 0 Å². The smallest absolute Gasteiger partial charge is 0.0962 e. The second-order valence-electron chi connectivity index (χ2n) is 6.00. The summed E-state index contributed by atoms with van der Waals surface area (Å²) in [6.45, 7) is 2.33. The lowest BCUT2D eigenvalue weighted by Gasteiger charge is -2.26. The van der Waals surface area contributed by atoms with Crippen LogP contribution in [0.15, 0.2) is 0 Å². The van der Waals surface area contributed by atoms with Crippen molar-refractivity contribution in [3.63, 3.8) is 0 Å². The molecule has 2 aliphatic carbocycles. The van der Waals surface area contributed by atoms with Crippen molar-refractivity contribution in [1.29, 1.82) is 0 Å². The molecule has 0 aromatic carbocycles. The standard InChI is InChI=1S/C15H24N2S/c1-2-10-5-3-6-11(9-10)15-17-13-8-4-7-12(16)14(13)18-15/h10-12H,2-9,16H2,1H3. The van der Waals surface area contributed by atoms with Crippen LogP contribution in [0, 0.1) is 5.92 Å². The maximum atomic E-state index is 6.21. The summed E-state index contributed by atoms with van der Waals surface area (Å²) in [6, 6.07) is 0.269. The van der Waals surface area contributed by atoms with Crippen molar-refractivity contribution in [2.75, 3.05) is 0 Å². The molecule has 0 aliphatic heterocycles. The van der Waals surface area contributed by atoms with Gasteiger partial charge in [0.25, 0.3) is 0 Å². The first kappa shape index (κ1) is 12.6. The largest absolute Gasteiger partial charge is 0.323 e. The number of aromatic nitrogens is 1. The molecular formula is C15H24N2S. The third-order valence-corrected chi connectivity index (χ3v) is 6.11. The lowest BCUT2D eigenvalue weighted by Crippen LogP contribution is -2.15. The maximum Gasteiger partial charge on any atom is 0.0962 e. The molecule has 0 spiro atoms. The third kappa shape index (κ3) is 2.35. The summed E-state index contributed by atoms with van der Waals surface area (Å²) < 4.78 is 0. The fourth-order valence-corrected chi connectivity index (χ4v) is 4.83. The van der Waals surface area contributed by atoms with Gasteiger partial charge in [-0.15, -0.1) is 11.3 Å². The highest BCUT2D eigenvalue weighted by molar-refractivity contribution is 7.12. The first-order chi connectivity index (χ1) is 8.78. The van der Waals surface area contributed by atoms with Gasteiger partial charge in [0.15, 0.2) is 0 Å². The van der Waals surface area contributed by atoms with E-state index in [2.05, 4.69) is 6.92 Å². The molecule has 3 atom stereocenters. The van der Waals surface area contributed by atoms with E-state index in [-0.39, 0.29) is 6.04 Å². The molecule has 18 heavy (non-hydrogen) atoms. The molecule has 3 heteroatoms. The van der Waals surface area contributed by atoms with Gasteiger partial charge in [-0.3, -0.25) is 0 Å². The van der Waals surface area contributed by atoms with E-state index in [1.165, 1.54) is 54.1 Å². The molecule has 2 nitrogen and oxygen atoms in total. The first-order valence-electron chi connectivity index (χ1n) is 7.53. The second-order valence-corrected chi connectivity index (χ2v) is 7.06. The number of aryl methyl sites for hydroxylation is 1. The van der Waals surface area contributed by atoms with Gasteiger partial charge in [-0.25, -0.2) is 4.98 Å². The maximum absolute atomic E-state index is 6.21. The van der Waals surface area contributed by atoms with Crippen LogP contribution in [0.1, 0.15) is 79.4 Å². The van der Waals surface area contributed by atoms with Crippen LogP contribution in [-0.4, -0.2) is 4.98 Å². The molecule has 0 radical (unpaired) electrons. The van der Waals surface area contributed by atoms with Crippen LogP contribution in [0.2, 0.25) is 0 Å². The van der Waals surface area contributed by atoms with Gasteiger partial charge >= 0.3 is 0 Å². The number of fused-ring (bicyclic) bond motifs is 1. The van der Waals surface area contributed by atoms with Crippen LogP contribution in [0.4, 0.5) is 0 Å². The minimum Gasteiger partial charge on any atom is -0.323 e. The molecule has 100 valence electrons. The van der Waals surface area contributed by atoms with Gasteiger partial charge in [0.1, 0.15) is 0 Å². The summed E-state index contributed by atoms with van der Waals surface area (Å²) in [6.07, 6.45) is 10.4. The molecule has 0 amide bonds. The highest BCUT2D eigenvalue weighted by Gasteiger charge is 2.28. The predicted octanol–water partition coefficient (Wildman–Crippen LogP) is 4.16. The molecule has 3 rings (SSSR count). The number of hydrogen-bond acceptors (Lipinski definition) is 3. The van der Waals surface area contributed by atoms with E-state index in [4.69, 9.17) is 10.7 Å². The van der Waals surface area contributed by atoms with Gasteiger partial charge in [0, 0.05) is 16.8 Å². The van der Waals surface area contributed by atoms with Crippen molar-refractivity contribution in [1.82, 2.24) is 4.98 Å². The van der Waals surface area contributed by atoms with Gasteiger partial charge in [0.2, 0.25) is 0 Å². The average Bonchev–Trinajstić information content (AvgIpc) is 2.84. The summed E-state index contributed by atoms with van der Waals surface area (Å²) in [7, 11) is 0. The van der Waals surface area contributed by atoms with Gasteiger partial charge in [-0.2, -0.15) is 0 Å². The normalized spacial score (nSPS) is 32.2. The van der Waals surface area contributed by atoms with Gasteiger partial charge in [-0.05, 0) is 38.0 Å². The summed E-state index contributed by atoms with van der Waals surface area (Å²) in [5, 5.41) is 1.40. The Bertz CT molecular complexity index is 413. The van der Waals surface area contributed by atoms with Gasteiger partial charge in [-0.1, -0.05) is 26.2 Å². The molecule has 1 fully saturated rings. The zero-order valence-corrected chi connectivity index (χ0v) is 12.1. The molecule has 1 aromatic rings. The van der Waals surface area contributed by atoms with E-state index < -0.39 is 0 Å².